The zero-order valence-electron chi connectivity index (χ0n) is 6.85. The first kappa shape index (κ1) is 7.43. The van der Waals surface area contributed by atoms with E-state index in [-0.39, 0.29) is 0 Å². The Labute approximate surface area is 62.4 Å². The van der Waals surface area contributed by atoms with E-state index in [1.165, 1.54) is 0 Å². The maximum Gasteiger partial charge on any atom is 0.138 e. The molecule has 0 spiro atoms. The van der Waals surface area contributed by atoms with Crippen LogP contribution in [0.1, 0.15) is 27.2 Å². The van der Waals surface area contributed by atoms with Crippen LogP contribution in [0.15, 0.2) is 17.6 Å². The van der Waals surface area contributed by atoms with Gasteiger partial charge < -0.3 is 4.74 Å². The number of ether oxygens (including phenoxy) is 1. The van der Waals surface area contributed by atoms with E-state index >= 15 is 0 Å². The van der Waals surface area contributed by atoms with Gasteiger partial charge in [-0.05, 0) is 13.0 Å². The van der Waals surface area contributed by atoms with Crippen LogP contribution in [0.3, 0.4) is 0 Å². The van der Waals surface area contributed by atoms with Gasteiger partial charge in [-0.2, -0.15) is 0 Å². The predicted molar refractivity (Wildman–Crippen MR) is 41.6 cm³/mol. The van der Waals surface area contributed by atoms with E-state index in [9.17, 15) is 0 Å². The fourth-order valence-corrected chi connectivity index (χ4v) is 0.911. The molecule has 1 nitrogen and oxygen atoms in total. The number of hydrogen-bond acceptors (Lipinski definition) is 1. The summed E-state index contributed by atoms with van der Waals surface area (Å²) in [4.78, 5) is 0. The lowest BCUT2D eigenvalue weighted by molar-refractivity contribution is 0.0912. The Bertz CT molecular complexity index is 175. The normalized spacial score (nSPS) is 31.3. The van der Waals surface area contributed by atoms with Crippen molar-refractivity contribution in [3.8, 4) is 0 Å². The second kappa shape index (κ2) is 2.94. The van der Waals surface area contributed by atoms with Crippen molar-refractivity contribution >= 4 is 0 Å². The Kier molecular flexibility index (Phi) is 2.18. The third-order valence-corrected chi connectivity index (χ3v) is 1.90. The van der Waals surface area contributed by atoms with Crippen molar-refractivity contribution < 1.29 is 4.74 Å². The van der Waals surface area contributed by atoms with Crippen LogP contribution in [0.4, 0.5) is 0 Å². The van der Waals surface area contributed by atoms with Crippen molar-refractivity contribution in [1.29, 1.82) is 0 Å². The van der Waals surface area contributed by atoms with E-state index < -0.39 is 0 Å². The van der Waals surface area contributed by atoms with Crippen LogP contribution in [-0.2, 0) is 4.74 Å². The average molecular weight is 138 g/mol. The van der Waals surface area contributed by atoms with E-state index in [1.807, 2.05) is 0 Å². The van der Waals surface area contributed by atoms with E-state index in [0.717, 1.165) is 12.2 Å². The van der Waals surface area contributed by atoms with Crippen LogP contribution in [-0.4, -0.2) is 6.10 Å². The van der Waals surface area contributed by atoms with Crippen molar-refractivity contribution in [2.45, 2.75) is 33.3 Å². The molecule has 0 N–H and O–H groups in total. The quantitative estimate of drug-likeness (QED) is 0.506. The first-order chi connectivity index (χ1) is 4.74. The van der Waals surface area contributed by atoms with Crippen LogP contribution >= 0.6 is 0 Å². The minimum atomic E-state index is 0.330. The molecule has 0 aromatic heterocycles. The minimum Gasteiger partial charge on any atom is -0.486 e. The summed E-state index contributed by atoms with van der Waals surface area (Å²) in [6.07, 6.45) is 3.37. The molecule has 1 heterocycles. The topological polar surface area (TPSA) is 9.23 Å². The fourth-order valence-electron chi connectivity index (χ4n) is 0.911. The molecule has 56 valence electrons. The first-order valence-electron chi connectivity index (χ1n) is 3.86. The number of rotatable bonds is 1. The van der Waals surface area contributed by atoms with Gasteiger partial charge in [-0.1, -0.05) is 19.6 Å². The summed E-state index contributed by atoms with van der Waals surface area (Å²) in [5, 5.41) is 0. The van der Waals surface area contributed by atoms with Gasteiger partial charge in [0.25, 0.3) is 0 Å². The Morgan fingerprint density at radius 1 is 1.60 bits per heavy atom. The molecule has 0 saturated carbocycles. The predicted octanol–water partition coefficient (Wildman–Crippen LogP) is 2.49. The third kappa shape index (κ3) is 1.43. The molecule has 1 aliphatic heterocycles. The van der Waals surface area contributed by atoms with Crippen molar-refractivity contribution in [2.75, 3.05) is 0 Å². The average Bonchev–Trinajstić information content (AvgIpc) is 1.95. The van der Waals surface area contributed by atoms with Gasteiger partial charge in [0.15, 0.2) is 0 Å². The summed E-state index contributed by atoms with van der Waals surface area (Å²) < 4.78 is 5.52. The maximum absolute atomic E-state index is 5.52. The minimum absolute atomic E-state index is 0.330. The SMILES string of the molecule is CCC1=C=CC(C)C(C)O1. The molecule has 1 heteroatoms. The van der Waals surface area contributed by atoms with Crippen LogP contribution < -0.4 is 0 Å². The molecule has 10 heavy (non-hydrogen) atoms. The van der Waals surface area contributed by atoms with Crippen molar-refractivity contribution in [3.05, 3.63) is 17.6 Å². The molecule has 0 aromatic rings. The Hall–Kier alpha value is -0.680. The molecular weight excluding hydrogens is 124 g/mol. The lowest BCUT2D eigenvalue weighted by Crippen LogP contribution is -2.18. The lowest BCUT2D eigenvalue weighted by atomic mass is 10.0. The van der Waals surface area contributed by atoms with Crippen LogP contribution in [0.25, 0.3) is 0 Å². The fraction of sp³-hybridized carbons (Fsp3) is 0.667. The highest BCUT2D eigenvalue weighted by Gasteiger charge is 2.14. The van der Waals surface area contributed by atoms with Crippen molar-refractivity contribution in [1.82, 2.24) is 0 Å². The summed E-state index contributed by atoms with van der Waals surface area (Å²) in [5.41, 5.74) is 3.12. The van der Waals surface area contributed by atoms with Crippen molar-refractivity contribution in [2.24, 2.45) is 5.92 Å². The Morgan fingerprint density at radius 3 is 2.80 bits per heavy atom. The van der Waals surface area contributed by atoms with Crippen LogP contribution in [0.5, 0.6) is 0 Å². The molecule has 0 aromatic carbocycles. The van der Waals surface area contributed by atoms with E-state index in [4.69, 9.17) is 4.74 Å². The first-order valence-corrected chi connectivity index (χ1v) is 3.86. The molecule has 0 saturated heterocycles. The van der Waals surface area contributed by atoms with Gasteiger partial charge in [-0.25, -0.2) is 0 Å². The zero-order valence-corrected chi connectivity index (χ0v) is 6.85. The Balaban J connectivity index is 2.70. The summed E-state index contributed by atoms with van der Waals surface area (Å²) in [6, 6.07) is 0. The largest absolute Gasteiger partial charge is 0.486 e. The molecule has 2 atom stereocenters. The summed E-state index contributed by atoms with van der Waals surface area (Å²) in [7, 11) is 0. The van der Waals surface area contributed by atoms with E-state index in [2.05, 4.69) is 32.6 Å². The zero-order chi connectivity index (χ0) is 7.56. The molecule has 1 aliphatic rings. The molecule has 0 radical (unpaired) electrons. The van der Waals surface area contributed by atoms with Gasteiger partial charge in [0, 0.05) is 12.3 Å². The maximum atomic E-state index is 5.52. The smallest absolute Gasteiger partial charge is 0.138 e. The van der Waals surface area contributed by atoms with Crippen LogP contribution in [0, 0.1) is 5.92 Å². The molecule has 0 amide bonds. The molecule has 1 rings (SSSR count). The van der Waals surface area contributed by atoms with Gasteiger partial charge in [-0.3, -0.25) is 0 Å². The van der Waals surface area contributed by atoms with Gasteiger partial charge >= 0.3 is 0 Å². The van der Waals surface area contributed by atoms with Crippen LogP contribution in [0.2, 0.25) is 0 Å². The molecule has 0 bridgehead atoms. The van der Waals surface area contributed by atoms with Gasteiger partial charge in [0.05, 0.1) is 0 Å². The molecule has 0 fully saturated rings. The monoisotopic (exact) mass is 138 g/mol. The highest BCUT2D eigenvalue weighted by molar-refractivity contribution is 5.01. The van der Waals surface area contributed by atoms with E-state index in [0.29, 0.717) is 12.0 Å². The summed E-state index contributed by atoms with van der Waals surface area (Å²) in [6.45, 7) is 6.32. The molecule has 2 unspecified atom stereocenters. The van der Waals surface area contributed by atoms with Crippen molar-refractivity contribution in [3.63, 3.8) is 0 Å². The second-order valence-electron chi connectivity index (χ2n) is 2.77. The Morgan fingerprint density at radius 2 is 2.30 bits per heavy atom. The van der Waals surface area contributed by atoms with Gasteiger partial charge in [-0.15, -0.1) is 0 Å². The third-order valence-electron chi connectivity index (χ3n) is 1.90. The van der Waals surface area contributed by atoms with Gasteiger partial charge in [0.1, 0.15) is 11.9 Å². The standard InChI is InChI=1S/C9H14O/c1-4-9-6-5-7(2)8(3)10-9/h5,7-8H,4H2,1-3H3. The highest BCUT2D eigenvalue weighted by atomic mass is 16.5. The highest BCUT2D eigenvalue weighted by Crippen LogP contribution is 2.18. The lowest BCUT2D eigenvalue weighted by Gasteiger charge is -2.21. The summed E-state index contributed by atoms with van der Waals surface area (Å²) >= 11 is 0. The van der Waals surface area contributed by atoms with Gasteiger partial charge in [0.2, 0.25) is 0 Å². The number of hydrogen-bond donors (Lipinski definition) is 0. The summed E-state index contributed by atoms with van der Waals surface area (Å²) in [5.74, 6) is 1.50. The second-order valence-corrected chi connectivity index (χ2v) is 2.77. The molecular formula is C9H14O. The van der Waals surface area contributed by atoms with E-state index in [1.54, 1.807) is 0 Å². The molecule has 0 aliphatic carbocycles.